The molecule has 21 heavy (non-hydrogen) atoms. The number of furan rings is 1. The van der Waals surface area contributed by atoms with Gasteiger partial charge in [-0.3, -0.25) is 4.79 Å². The number of benzene rings is 1. The zero-order valence-corrected chi connectivity index (χ0v) is 11.8. The highest BCUT2D eigenvalue weighted by atomic mass is 32.1. The van der Waals surface area contributed by atoms with Gasteiger partial charge < -0.3 is 9.73 Å². The summed E-state index contributed by atoms with van der Waals surface area (Å²) in [6.45, 7) is 0.317. The van der Waals surface area contributed by atoms with Gasteiger partial charge in [-0.25, -0.2) is 4.39 Å². The van der Waals surface area contributed by atoms with Crippen molar-refractivity contribution in [3.8, 4) is 11.3 Å². The molecular formula is C16H12FNO2S. The van der Waals surface area contributed by atoms with Crippen LogP contribution in [0.3, 0.4) is 0 Å². The minimum Gasteiger partial charge on any atom is -0.459 e. The largest absolute Gasteiger partial charge is 0.459 e. The molecule has 3 nitrogen and oxygen atoms in total. The minimum atomic E-state index is -0.284. The normalized spacial score (nSPS) is 10.5. The van der Waals surface area contributed by atoms with Gasteiger partial charge in [0.1, 0.15) is 17.3 Å². The molecule has 0 aliphatic heterocycles. The lowest BCUT2D eigenvalue weighted by molar-refractivity contribution is 0.0952. The van der Waals surface area contributed by atoms with Crippen molar-refractivity contribution >= 4 is 17.2 Å². The summed E-state index contributed by atoms with van der Waals surface area (Å²) in [5.74, 6) is 0.896. The summed E-state index contributed by atoms with van der Waals surface area (Å²) in [5, 5.41) is 4.65. The molecule has 2 heterocycles. The fourth-order valence-corrected chi connectivity index (χ4v) is 2.54. The van der Waals surface area contributed by atoms with Crippen LogP contribution in [0.2, 0.25) is 0 Å². The molecule has 0 aliphatic rings. The SMILES string of the molecule is O=C(NCc1ccc(-c2ccc(F)cc2)o1)c1cccs1. The van der Waals surface area contributed by atoms with Crippen molar-refractivity contribution < 1.29 is 13.6 Å². The second-order valence-corrected chi connectivity index (χ2v) is 5.38. The average Bonchev–Trinajstić information content (AvgIpc) is 3.17. The Kier molecular flexibility index (Phi) is 3.83. The Bertz CT molecular complexity index is 732. The van der Waals surface area contributed by atoms with Gasteiger partial charge in [0.15, 0.2) is 0 Å². The van der Waals surface area contributed by atoms with Crippen molar-refractivity contribution in [3.63, 3.8) is 0 Å². The van der Waals surface area contributed by atoms with Gasteiger partial charge in [0.25, 0.3) is 5.91 Å². The fraction of sp³-hybridized carbons (Fsp3) is 0.0625. The third-order valence-electron chi connectivity index (χ3n) is 2.96. The number of rotatable bonds is 4. The van der Waals surface area contributed by atoms with Crippen LogP contribution in [0.25, 0.3) is 11.3 Å². The zero-order chi connectivity index (χ0) is 14.7. The fourth-order valence-electron chi connectivity index (χ4n) is 1.90. The number of amides is 1. The molecule has 106 valence electrons. The van der Waals surface area contributed by atoms with Crippen LogP contribution in [0.1, 0.15) is 15.4 Å². The van der Waals surface area contributed by atoms with Crippen LogP contribution in [0.15, 0.2) is 58.3 Å². The van der Waals surface area contributed by atoms with E-state index in [1.165, 1.54) is 23.5 Å². The molecule has 3 aromatic rings. The number of hydrogen-bond acceptors (Lipinski definition) is 3. The minimum absolute atomic E-state index is 0.121. The first-order valence-corrected chi connectivity index (χ1v) is 7.27. The van der Waals surface area contributed by atoms with E-state index in [4.69, 9.17) is 4.42 Å². The van der Waals surface area contributed by atoms with Gasteiger partial charge in [-0.15, -0.1) is 11.3 Å². The van der Waals surface area contributed by atoms with Gasteiger partial charge >= 0.3 is 0 Å². The molecule has 0 atom stereocenters. The predicted octanol–water partition coefficient (Wildman–Crippen LogP) is 4.08. The molecule has 1 aromatic carbocycles. The summed E-state index contributed by atoms with van der Waals surface area (Å²) in [6.07, 6.45) is 0. The summed E-state index contributed by atoms with van der Waals surface area (Å²) in [4.78, 5) is 12.5. The lowest BCUT2D eigenvalue weighted by atomic mass is 10.2. The first-order chi connectivity index (χ1) is 10.2. The van der Waals surface area contributed by atoms with Crippen molar-refractivity contribution in [2.24, 2.45) is 0 Å². The van der Waals surface area contributed by atoms with E-state index < -0.39 is 0 Å². The maximum absolute atomic E-state index is 12.9. The molecule has 1 amide bonds. The Morgan fingerprint density at radius 3 is 2.67 bits per heavy atom. The van der Waals surface area contributed by atoms with E-state index in [0.717, 1.165) is 5.56 Å². The molecule has 0 unspecified atom stereocenters. The third-order valence-corrected chi connectivity index (χ3v) is 3.83. The van der Waals surface area contributed by atoms with Crippen LogP contribution in [-0.4, -0.2) is 5.91 Å². The van der Waals surface area contributed by atoms with Gasteiger partial charge in [-0.1, -0.05) is 6.07 Å². The quantitative estimate of drug-likeness (QED) is 0.789. The van der Waals surface area contributed by atoms with E-state index in [9.17, 15) is 9.18 Å². The van der Waals surface area contributed by atoms with E-state index in [0.29, 0.717) is 22.9 Å². The van der Waals surface area contributed by atoms with Crippen molar-refractivity contribution in [2.75, 3.05) is 0 Å². The molecule has 0 aliphatic carbocycles. The Balaban J connectivity index is 1.65. The van der Waals surface area contributed by atoms with E-state index in [1.807, 2.05) is 11.4 Å². The molecule has 0 saturated carbocycles. The molecular weight excluding hydrogens is 289 g/mol. The molecule has 0 spiro atoms. The van der Waals surface area contributed by atoms with Crippen molar-refractivity contribution in [2.45, 2.75) is 6.54 Å². The van der Waals surface area contributed by atoms with Gasteiger partial charge in [0.05, 0.1) is 11.4 Å². The van der Waals surface area contributed by atoms with Crippen molar-refractivity contribution in [3.05, 3.63) is 70.4 Å². The highest BCUT2D eigenvalue weighted by Crippen LogP contribution is 2.22. The van der Waals surface area contributed by atoms with Crippen LogP contribution in [0.5, 0.6) is 0 Å². The van der Waals surface area contributed by atoms with Gasteiger partial charge in [-0.05, 0) is 47.8 Å². The van der Waals surface area contributed by atoms with Crippen LogP contribution < -0.4 is 5.32 Å². The van der Waals surface area contributed by atoms with Crippen molar-refractivity contribution in [1.82, 2.24) is 5.32 Å². The van der Waals surface area contributed by atoms with E-state index in [1.54, 1.807) is 30.3 Å². The maximum Gasteiger partial charge on any atom is 0.261 e. The Morgan fingerprint density at radius 1 is 1.14 bits per heavy atom. The molecule has 0 fully saturated rings. The number of hydrogen-bond donors (Lipinski definition) is 1. The third kappa shape index (κ3) is 3.20. The summed E-state index contributed by atoms with van der Waals surface area (Å²) in [5.41, 5.74) is 0.798. The highest BCUT2D eigenvalue weighted by molar-refractivity contribution is 7.12. The zero-order valence-electron chi connectivity index (χ0n) is 11.0. The summed E-state index contributed by atoms with van der Waals surface area (Å²) < 4.78 is 18.5. The summed E-state index contributed by atoms with van der Waals surface area (Å²) >= 11 is 1.39. The molecule has 2 aromatic heterocycles. The van der Waals surface area contributed by atoms with E-state index >= 15 is 0 Å². The average molecular weight is 301 g/mol. The number of nitrogens with one attached hydrogen (secondary N) is 1. The second kappa shape index (κ2) is 5.93. The Hall–Kier alpha value is -2.40. The Labute approximate surface area is 125 Å². The van der Waals surface area contributed by atoms with Crippen LogP contribution in [0.4, 0.5) is 4.39 Å². The standard InChI is InChI=1S/C16H12FNO2S/c17-12-5-3-11(4-6-12)14-8-7-13(20-14)10-18-16(19)15-2-1-9-21-15/h1-9H,10H2,(H,18,19). The molecule has 3 rings (SSSR count). The first kappa shape index (κ1) is 13.6. The number of carbonyl (C=O) groups excluding carboxylic acids is 1. The summed E-state index contributed by atoms with van der Waals surface area (Å²) in [7, 11) is 0. The molecule has 0 bridgehead atoms. The second-order valence-electron chi connectivity index (χ2n) is 4.43. The number of halogens is 1. The summed E-state index contributed by atoms with van der Waals surface area (Å²) in [6, 6.07) is 13.3. The van der Waals surface area contributed by atoms with Crippen LogP contribution in [0, 0.1) is 5.82 Å². The lowest BCUT2D eigenvalue weighted by Crippen LogP contribution is -2.21. The molecule has 1 N–H and O–H groups in total. The lowest BCUT2D eigenvalue weighted by Gasteiger charge is -2.01. The van der Waals surface area contributed by atoms with Crippen molar-refractivity contribution in [1.29, 1.82) is 0 Å². The monoisotopic (exact) mass is 301 g/mol. The first-order valence-electron chi connectivity index (χ1n) is 6.39. The maximum atomic E-state index is 12.9. The molecule has 0 saturated heterocycles. The van der Waals surface area contributed by atoms with Gasteiger partial charge in [0, 0.05) is 5.56 Å². The van der Waals surface area contributed by atoms with E-state index in [2.05, 4.69) is 5.32 Å². The van der Waals surface area contributed by atoms with E-state index in [-0.39, 0.29) is 11.7 Å². The molecule has 5 heteroatoms. The van der Waals surface area contributed by atoms with Gasteiger partial charge in [-0.2, -0.15) is 0 Å². The van der Waals surface area contributed by atoms with Crippen LogP contribution in [-0.2, 0) is 6.54 Å². The molecule has 0 radical (unpaired) electrons. The number of thiophene rings is 1. The van der Waals surface area contributed by atoms with Crippen LogP contribution >= 0.6 is 11.3 Å². The predicted molar refractivity (Wildman–Crippen MR) is 79.6 cm³/mol. The Morgan fingerprint density at radius 2 is 1.95 bits per heavy atom. The topological polar surface area (TPSA) is 42.2 Å². The highest BCUT2D eigenvalue weighted by Gasteiger charge is 2.09. The number of carbonyl (C=O) groups is 1. The smallest absolute Gasteiger partial charge is 0.261 e. The van der Waals surface area contributed by atoms with Gasteiger partial charge in [0.2, 0.25) is 0 Å².